The van der Waals surface area contributed by atoms with E-state index >= 15 is 0 Å². The van der Waals surface area contributed by atoms with E-state index in [9.17, 15) is 9.18 Å². The zero-order valence-electron chi connectivity index (χ0n) is 22.6. The molecule has 1 amide bonds. The van der Waals surface area contributed by atoms with E-state index in [4.69, 9.17) is 0 Å². The average molecular weight is 553 g/mol. The number of fused-ring (bicyclic) bond motifs is 2. The van der Waals surface area contributed by atoms with E-state index in [2.05, 4.69) is 30.5 Å². The van der Waals surface area contributed by atoms with E-state index in [0.29, 0.717) is 11.3 Å². The van der Waals surface area contributed by atoms with Crippen LogP contribution < -0.4 is 5.32 Å². The van der Waals surface area contributed by atoms with Crippen molar-refractivity contribution in [2.75, 3.05) is 5.32 Å². The van der Waals surface area contributed by atoms with Gasteiger partial charge in [-0.1, -0.05) is 48.5 Å². The molecule has 4 aromatic heterocycles. The lowest BCUT2D eigenvalue weighted by Crippen LogP contribution is -2.14. The normalized spacial score (nSPS) is 11.3. The average Bonchev–Trinajstić information content (AvgIpc) is 3.61. The van der Waals surface area contributed by atoms with Crippen molar-refractivity contribution in [1.82, 2.24) is 25.1 Å². The fourth-order valence-electron chi connectivity index (χ4n) is 5.35. The molecule has 4 heterocycles. The molecule has 0 atom stereocenters. The van der Waals surface area contributed by atoms with Gasteiger partial charge in [0.1, 0.15) is 11.5 Å². The second-order valence-electron chi connectivity index (χ2n) is 10.3. The van der Waals surface area contributed by atoms with Gasteiger partial charge in [0, 0.05) is 39.8 Å². The Morgan fingerprint density at radius 3 is 2.57 bits per heavy atom. The third kappa shape index (κ3) is 4.90. The van der Waals surface area contributed by atoms with Crippen LogP contribution in [0.5, 0.6) is 0 Å². The highest BCUT2D eigenvalue weighted by Gasteiger charge is 2.16. The summed E-state index contributed by atoms with van der Waals surface area (Å²) < 4.78 is 14.2. The quantitative estimate of drug-likeness (QED) is 0.199. The lowest BCUT2D eigenvalue weighted by Gasteiger charge is -2.07. The predicted octanol–water partition coefficient (Wildman–Crippen LogP) is 7.46. The number of aromatic amines is 2. The number of H-pyrrole nitrogens is 2. The number of anilines is 1. The van der Waals surface area contributed by atoms with Crippen LogP contribution in [0.2, 0.25) is 0 Å². The molecule has 8 heteroatoms. The molecule has 0 spiro atoms. The second kappa shape index (κ2) is 10.4. The van der Waals surface area contributed by atoms with Crippen LogP contribution in [0, 0.1) is 12.7 Å². The first kappa shape index (κ1) is 25.3. The number of aromatic nitrogens is 5. The molecule has 0 saturated carbocycles. The number of benzene rings is 3. The van der Waals surface area contributed by atoms with Gasteiger partial charge >= 0.3 is 0 Å². The maximum atomic E-state index is 14.2. The number of carbonyl (C=O) groups excluding carboxylic acids is 1. The molecule has 204 valence electrons. The number of rotatable bonds is 6. The van der Waals surface area contributed by atoms with Crippen LogP contribution in [0.25, 0.3) is 55.6 Å². The largest absolute Gasteiger partial charge is 0.353 e. The van der Waals surface area contributed by atoms with Crippen LogP contribution in [0.3, 0.4) is 0 Å². The lowest BCUT2D eigenvalue weighted by atomic mass is 9.99. The summed E-state index contributed by atoms with van der Waals surface area (Å²) in [6, 6.07) is 26.5. The molecule has 0 fully saturated rings. The molecule has 0 unspecified atom stereocenters. The fourth-order valence-corrected chi connectivity index (χ4v) is 5.35. The van der Waals surface area contributed by atoms with Crippen LogP contribution in [-0.4, -0.2) is 31.1 Å². The topological polar surface area (TPSA) is 99.3 Å². The van der Waals surface area contributed by atoms with Gasteiger partial charge in [-0.2, -0.15) is 5.10 Å². The molecule has 0 aliphatic heterocycles. The summed E-state index contributed by atoms with van der Waals surface area (Å²) >= 11 is 0. The van der Waals surface area contributed by atoms with Gasteiger partial charge in [0.15, 0.2) is 5.65 Å². The molecular weight excluding hydrogens is 527 g/mol. The number of halogens is 1. The Labute approximate surface area is 240 Å². The Hall–Kier alpha value is -5.63. The van der Waals surface area contributed by atoms with Crippen LogP contribution >= 0.6 is 0 Å². The third-order valence-corrected chi connectivity index (χ3v) is 7.25. The zero-order chi connectivity index (χ0) is 28.6. The van der Waals surface area contributed by atoms with Crippen LogP contribution in [0.15, 0.2) is 104 Å². The summed E-state index contributed by atoms with van der Waals surface area (Å²) in [6.45, 7) is 1.89. The minimum absolute atomic E-state index is 0.113. The molecule has 7 aromatic rings. The Morgan fingerprint density at radius 1 is 0.857 bits per heavy atom. The molecule has 0 bridgehead atoms. The van der Waals surface area contributed by atoms with Crippen molar-refractivity contribution < 1.29 is 9.18 Å². The van der Waals surface area contributed by atoms with Crippen molar-refractivity contribution in [2.24, 2.45) is 0 Å². The molecule has 7 nitrogen and oxygen atoms in total. The number of aryl methyl sites for hydroxylation is 1. The summed E-state index contributed by atoms with van der Waals surface area (Å²) in [5.41, 5.74) is 8.93. The van der Waals surface area contributed by atoms with E-state index in [1.165, 1.54) is 6.07 Å². The van der Waals surface area contributed by atoms with Gasteiger partial charge in [0.05, 0.1) is 24.0 Å². The van der Waals surface area contributed by atoms with Gasteiger partial charge in [0.2, 0.25) is 5.91 Å². The summed E-state index contributed by atoms with van der Waals surface area (Å²) in [4.78, 5) is 25.0. The standard InChI is InChI=1S/C34H25FN6O/c1-20-10-22(13-25(35)11-20)27-8-5-9-30-28(27)16-31(39-30)33-29-15-24(18-37-34(29)41-40-33)23-14-26(19-36-17-23)38-32(42)12-21-6-3-2-4-7-21/h2-11,13-19,39H,12H2,1H3,(H,38,42)(H,37,40,41). The van der Waals surface area contributed by atoms with Gasteiger partial charge in [0.25, 0.3) is 0 Å². The maximum absolute atomic E-state index is 14.2. The summed E-state index contributed by atoms with van der Waals surface area (Å²) in [7, 11) is 0. The first-order valence-corrected chi connectivity index (χ1v) is 13.5. The SMILES string of the molecule is Cc1cc(F)cc(-c2cccc3[nH]c(-c4n[nH]c5ncc(-c6cncc(NC(=O)Cc7ccccc7)c6)cc45)cc23)c1. The molecule has 0 saturated heterocycles. The highest BCUT2D eigenvalue weighted by molar-refractivity contribution is 6.01. The van der Waals surface area contributed by atoms with E-state index in [1.54, 1.807) is 24.7 Å². The number of amides is 1. The number of hydrogen-bond donors (Lipinski definition) is 3. The van der Waals surface area contributed by atoms with Crippen molar-refractivity contribution in [3.05, 3.63) is 120 Å². The molecule has 0 aliphatic carbocycles. The number of nitrogens with zero attached hydrogens (tertiary/aromatic N) is 3. The summed E-state index contributed by atoms with van der Waals surface area (Å²) in [6.07, 6.45) is 5.41. The first-order chi connectivity index (χ1) is 20.5. The Morgan fingerprint density at radius 2 is 1.71 bits per heavy atom. The summed E-state index contributed by atoms with van der Waals surface area (Å²) in [5, 5.41) is 12.3. The Balaban J connectivity index is 1.22. The van der Waals surface area contributed by atoms with Crippen molar-refractivity contribution in [3.8, 4) is 33.6 Å². The van der Waals surface area contributed by atoms with Gasteiger partial charge in [-0.15, -0.1) is 0 Å². The van der Waals surface area contributed by atoms with Crippen molar-refractivity contribution in [3.63, 3.8) is 0 Å². The zero-order valence-corrected chi connectivity index (χ0v) is 22.6. The van der Waals surface area contributed by atoms with Crippen LogP contribution in [0.1, 0.15) is 11.1 Å². The monoisotopic (exact) mass is 552 g/mol. The molecule has 7 rings (SSSR count). The maximum Gasteiger partial charge on any atom is 0.228 e. The van der Waals surface area contributed by atoms with E-state index in [1.807, 2.05) is 79.7 Å². The molecule has 3 N–H and O–H groups in total. The smallest absolute Gasteiger partial charge is 0.228 e. The minimum atomic E-state index is -0.260. The lowest BCUT2D eigenvalue weighted by molar-refractivity contribution is -0.115. The number of nitrogens with one attached hydrogen (secondary N) is 3. The molecule has 42 heavy (non-hydrogen) atoms. The summed E-state index contributed by atoms with van der Waals surface area (Å²) in [5.74, 6) is -0.374. The third-order valence-electron chi connectivity index (χ3n) is 7.25. The van der Waals surface area contributed by atoms with Crippen LogP contribution in [-0.2, 0) is 11.2 Å². The molecular formula is C34H25FN6O. The van der Waals surface area contributed by atoms with Gasteiger partial charge < -0.3 is 10.3 Å². The Kier molecular flexibility index (Phi) is 6.28. The molecule has 3 aromatic carbocycles. The number of carbonyl (C=O) groups is 1. The van der Waals surface area contributed by atoms with Gasteiger partial charge in [-0.05, 0) is 65.6 Å². The second-order valence-corrected chi connectivity index (χ2v) is 10.3. The predicted molar refractivity (Wildman–Crippen MR) is 163 cm³/mol. The highest BCUT2D eigenvalue weighted by atomic mass is 19.1. The van der Waals surface area contributed by atoms with E-state index < -0.39 is 0 Å². The van der Waals surface area contributed by atoms with E-state index in [0.717, 1.165) is 61.1 Å². The van der Waals surface area contributed by atoms with Gasteiger partial charge in [-0.3, -0.25) is 14.9 Å². The molecule has 0 aliphatic rings. The first-order valence-electron chi connectivity index (χ1n) is 13.5. The van der Waals surface area contributed by atoms with E-state index in [-0.39, 0.29) is 18.1 Å². The van der Waals surface area contributed by atoms with Crippen molar-refractivity contribution >= 4 is 33.5 Å². The minimum Gasteiger partial charge on any atom is -0.353 e. The highest BCUT2D eigenvalue weighted by Crippen LogP contribution is 2.35. The van der Waals surface area contributed by atoms with Gasteiger partial charge in [-0.25, -0.2) is 9.37 Å². The number of pyridine rings is 2. The fraction of sp³-hybridized carbons (Fsp3) is 0.0588. The number of hydrogen-bond acceptors (Lipinski definition) is 4. The van der Waals surface area contributed by atoms with Crippen LogP contribution in [0.4, 0.5) is 10.1 Å². The Bertz CT molecular complexity index is 2080. The molecule has 0 radical (unpaired) electrons. The van der Waals surface area contributed by atoms with Crippen molar-refractivity contribution in [1.29, 1.82) is 0 Å². The van der Waals surface area contributed by atoms with Crippen molar-refractivity contribution in [2.45, 2.75) is 13.3 Å².